The summed E-state index contributed by atoms with van der Waals surface area (Å²) in [5.74, 6) is 0. The van der Waals surface area contributed by atoms with E-state index < -0.39 is 10.0 Å². The molecular formula is C24H30Cl2N3O3S+. The molecule has 0 saturated heterocycles. The van der Waals surface area contributed by atoms with Gasteiger partial charge in [-0.05, 0) is 42.7 Å². The second-order valence-electron chi connectivity index (χ2n) is 8.18. The lowest BCUT2D eigenvalue weighted by atomic mass is 9.94. The largest absolute Gasteiger partial charge is 0.362 e. The fraction of sp³-hybridized carbons (Fsp3) is 0.417. The minimum absolute atomic E-state index is 0.0159. The van der Waals surface area contributed by atoms with Crippen LogP contribution in [-0.4, -0.2) is 45.4 Å². The van der Waals surface area contributed by atoms with Gasteiger partial charge in [0.1, 0.15) is 10.9 Å². The van der Waals surface area contributed by atoms with Crippen molar-refractivity contribution >= 4 is 39.6 Å². The van der Waals surface area contributed by atoms with Crippen molar-refractivity contribution in [1.82, 2.24) is 5.32 Å². The molecule has 0 bridgehead atoms. The molecule has 2 aromatic carbocycles. The first-order valence-corrected chi connectivity index (χ1v) is 13.0. The van der Waals surface area contributed by atoms with E-state index in [1.807, 2.05) is 19.2 Å². The van der Waals surface area contributed by atoms with Gasteiger partial charge in [-0.25, -0.2) is 3.89 Å². The first-order chi connectivity index (χ1) is 15.7. The SMILES string of the molecule is CNC=O.C[N+](CCc1ccc(C#N)cc1)(C1CCCCC1)S(=O)(=O)c1cccc(Cl)c1Cl. The third kappa shape index (κ3) is 6.48. The third-order valence-corrected chi connectivity index (χ3v) is 9.54. The number of amides is 1. The highest BCUT2D eigenvalue weighted by molar-refractivity contribution is 7.86. The summed E-state index contributed by atoms with van der Waals surface area (Å²) in [6.45, 7) is 0.432. The number of quaternary nitrogens is 1. The fourth-order valence-electron chi connectivity index (χ4n) is 4.13. The molecule has 1 atom stereocenters. The Morgan fingerprint density at radius 3 is 2.27 bits per heavy atom. The number of carbonyl (C=O) groups is 1. The Morgan fingerprint density at radius 1 is 1.12 bits per heavy atom. The molecule has 6 nitrogen and oxygen atoms in total. The van der Waals surface area contributed by atoms with Crippen LogP contribution < -0.4 is 5.32 Å². The van der Waals surface area contributed by atoms with Crippen LogP contribution in [0, 0.1) is 11.3 Å². The molecule has 1 fully saturated rings. The second kappa shape index (κ2) is 12.4. The lowest BCUT2D eigenvalue weighted by Gasteiger charge is -2.41. The minimum Gasteiger partial charge on any atom is -0.362 e. The standard InChI is InChI=1S/C22H25Cl2N2O2S.C2H5NO/c1-26(19-6-3-2-4-7-19,15-14-17-10-12-18(16-25)13-11-17)29(27,28)21-9-5-8-20(23)22(21)24;1-3-2-4/h5,8-13,19H,2-4,6-7,14-15H2,1H3;2H,1H3,(H,3,4)/q+1;. The van der Waals surface area contributed by atoms with E-state index in [9.17, 15) is 8.42 Å². The van der Waals surface area contributed by atoms with Gasteiger partial charge in [0.05, 0.1) is 35.3 Å². The number of nitrogens with one attached hydrogen (secondary N) is 1. The normalized spacial score (nSPS) is 16.0. The number of sulfonamides is 1. The first kappa shape index (κ1) is 27.1. The highest BCUT2D eigenvalue weighted by Gasteiger charge is 2.46. The molecule has 9 heteroatoms. The lowest BCUT2D eigenvalue weighted by molar-refractivity contribution is -0.814. The van der Waals surface area contributed by atoms with E-state index in [0.717, 1.165) is 37.7 Å². The fourth-order valence-corrected chi connectivity index (χ4v) is 6.75. The van der Waals surface area contributed by atoms with Crippen LogP contribution in [0.4, 0.5) is 0 Å². The van der Waals surface area contributed by atoms with E-state index in [-0.39, 0.29) is 24.9 Å². The number of likely N-dealkylation sites (N-methyl/N-ethyl adjacent to an activating group) is 1. The van der Waals surface area contributed by atoms with E-state index in [2.05, 4.69) is 11.4 Å². The zero-order valence-electron chi connectivity index (χ0n) is 18.9. The van der Waals surface area contributed by atoms with Crippen LogP contribution in [0.15, 0.2) is 47.4 Å². The summed E-state index contributed by atoms with van der Waals surface area (Å²) in [7, 11) is -0.393. The van der Waals surface area contributed by atoms with Crippen LogP contribution in [0.25, 0.3) is 0 Å². The molecule has 1 amide bonds. The second-order valence-corrected chi connectivity index (χ2v) is 11.2. The highest BCUT2D eigenvalue weighted by Crippen LogP contribution is 2.38. The van der Waals surface area contributed by atoms with Crippen LogP contribution >= 0.6 is 23.2 Å². The Labute approximate surface area is 206 Å². The van der Waals surface area contributed by atoms with Crippen LogP contribution in [0.3, 0.4) is 0 Å². The minimum atomic E-state index is -3.77. The molecule has 0 aliphatic heterocycles. The summed E-state index contributed by atoms with van der Waals surface area (Å²) in [5.41, 5.74) is 1.60. The number of nitrogens with zero attached hydrogens (tertiary/aromatic N) is 2. The van der Waals surface area contributed by atoms with E-state index in [1.165, 1.54) is 0 Å². The van der Waals surface area contributed by atoms with Gasteiger partial charge in [-0.3, -0.25) is 4.79 Å². The molecule has 0 aromatic heterocycles. The zero-order valence-corrected chi connectivity index (χ0v) is 21.3. The van der Waals surface area contributed by atoms with Crippen LogP contribution in [0.1, 0.15) is 43.2 Å². The maximum absolute atomic E-state index is 13.8. The smallest absolute Gasteiger partial charge is 0.328 e. The number of hydrogen-bond donors (Lipinski definition) is 1. The molecule has 1 aliphatic rings. The van der Waals surface area contributed by atoms with Crippen molar-refractivity contribution < 1.29 is 17.1 Å². The van der Waals surface area contributed by atoms with Crippen molar-refractivity contribution in [3.05, 3.63) is 63.6 Å². The predicted molar refractivity (Wildman–Crippen MR) is 132 cm³/mol. The van der Waals surface area contributed by atoms with Crippen LogP contribution in [0.2, 0.25) is 10.0 Å². The Hall–Kier alpha value is -2.11. The number of benzene rings is 2. The molecular weight excluding hydrogens is 481 g/mol. The molecule has 1 saturated carbocycles. The predicted octanol–water partition coefficient (Wildman–Crippen LogP) is 4.94. The summed E-state index contributed by atoms with van der Waals surface area (Å²) in [6.07, 6.45) is 6.19. The van der Waals surface area contributed by atoms with Gasteiger partial charge in [0.2, 0.25) is 6.41 Å². The van der Waals surface area contributed by atoms with Crippen molar-refractivity contribution in [2.24, 2.45) is 0 Å². The van der Waals surface area contributed by atoms with Gasteiger partial charge in [0, 0.05) is 26.3 Å². The number of rotatable bonds is 7. The van der Waals surface area contributed by atoms with Gasteiger partial charge in [0.15, 0.2) is 0 Å². The molecule has 178 valence electrons. The maximum atomic E-state index is 13.8. The topological polar surface area (TPSA) is 87.0 Å². The van der Waals surface area contributed by atoms with Gasteiger partial charge in [-0.15, -0.1) is 0 Å². The summed E-state index contributed by atoms with van der Waals surface area (Å²) in [4.78, 5) is 9.16. The zero-order chi connectivity index (χ0) is 24.5. The Balaban J connectivity index is 0.000000890. The monoisotopic (exact) mass is 510 g/mol. The summed E-state index contributed by atoms with van der Waals surface area (Å²) < 4.78 is 27.6. The molecule has 33 heavy (non-hydrogen) atoms. The van der Waals surface area contributed by atoms with E-state index in [0.29, 0.717) is 24.9 Å². The van der Waals surface area contributed by atoms with Crippen molar-refractivity contribution in [2.75, 3.05) is 20.6 Å². The van der Waals surface area contributed by atoms with Crippen LogP contribution in [0.5, 0.6) is 0 Å². The maximum Gasteiger partial charge on any atom is 0.328 e. The molecule has 0 radical (unpaired) electrons. The molecule has 2 aromatic rings. The van der Waals surface area contributed by atoms with E-state index in [4.69, 9.17) is 33.3 Å². The Morgan fingerprint density at radius 2 is 1.73 bits per heavy atom. The third-order valence-electron chi connectivity index (χ3n) is 6.14. The van der Waals surface area contributed by atoms with Crippen LogP contribution in [-0.2, 0) is 21.2 Å². The Bertz CT molecular complexity index is 1080. The lowest BCUT2D eigenvalue weighted by Crippen LogP contribution is -2.57. The van der Waals surface area contributed by atoms with Gasteiger partial charge in [-0.1, -0.05) is 47.8 Å². The van der Waals surface area contributed by atoms with E-state index >= 15 is 0 Å². The molecule has 0 heterocycles. The molecule has 0 spiro atoms. The van der Waals surface area contributed by atoms with Gasteiger partial charge >= 0.3 is 10.0 Å². The van der Waals surface area contributed by atoms with Gasteiger partial charge in [-0.2, -0.15) is 13.7 Å². The van der Waals surface area contributed by atoms with Crippen molar-refractivity contribution in [1.29, 1.82) is 5.26 Å². The average molecular weight is 511 g/mol. The number of nitriles is 1. The molecule has 1 unspecified atom stereocenters. The molecule has 1 N–H and O–H groups in total. The molecule has 1 aliphatic carbocycles. The average Bonchev–Trinajstić information content (AvgIpc) is 2.85. The van der Waals surface area contributed by atoms with Gasteiger partial charge < -0.3 is 5.32 Å². The molecule has 3 rings (SSSR count). The quantitative estimate of drug-likeness (QED) is 0.422. The first-order valence-electron chi connectivity index (χ1n) is 10.9. The van der Waals surface area contributed by atoms with Crippen molar-refractivity contribution in [3.8, 4) is 6.07 Å². The van der Waals surface area contributed by atoms with E-state index in [1.54, 1.807) is 37.4 Å². The van der Waals surface area contributed by atoms with Crippen molar-refractivity contribution in [2.45, 2.75) is 49.5 Å². The number of halogens is 2. The summed E-state index contributed by atoms with van der Waals surface area (Å²) >= 11 is 12.4. The highest BCUT2D eigenvalue weighted by atomic mass is 35.5. The van der Waals surface area contributed by atoms with Gasteiger partial charge in [0.25, 0.3) is 0 Å². The number of carbonyl (C=O) groups excluding carboxylic acids is 1. The summed E-state index contributed by atoms with van der Waals surface area (Å²) in [6, 6.07) is 14.2. The summed E-state index contributed by atoms with van der Waals surface area (Å²) in [5, 5.41) is 11.6. The number of hydrogen-bond acceptors (Lipinski definition) is 4. The Kier molecular flexibility index (Phi) is 10.2. The van der Waals surface area contributed by atoms with Crippen molar-refractivity contribution in [3.63, 3.8) is 0 Å².